The fourth-order valence-electron chi connectivity index (χ4n) is 11.8. The SMILES string of the molecule is COC(CBr)OC.COc1ccc(-c2ccc(C)c(O)c2)cc1.COc1ccc(-c2ccc(C)c(OCC(OC)OC)c2)cc1.COc1ccc(-c2ccc(C)c3occc23)cc1.COc1ccc(-c2ccc(C=O)c3occc23)cc1.COc1ccc(B(O)O)cc1.Cc1ccc(I)cc1O.O=Cc1ccc(-c2ccc(O)cc2)c2ccoc12. The summed E-state index contributed by atoms with van der Waals surface area (Å²) in [5.74, 6) is 5.82. The molecule has 15 aromatic rings. The second-order valence-corrected chi connectivity index (χ2v) is 28.2. The quantitative estimate of drug-likeness (QED) is 0.0147. The minimum absolute atomic E-state index is 0.0972. The van der Waals surface area contributed by atoms with Crippen LogP contribution in [0.15, 0.2) is 287 Å². The molecule has 0 radical (unpaired) electrons. The molecule has 0 aliphatic carbocycles. The summed E-state index contributed by atoms with van der Waals surface area (Å²) in [6, 6.07) is 79.8. The molecule has 23 heteroatoms. The van der Waals surface area contributed by atoms with Gasteiger partial charge in [0.05, 0.1) is 70.8 Å². The molecule has 0 aliphatic heterocycles. The Kier molecular flexibility index (Phi) is 37.4. The number of ether oxygens (including phenoxy) is 10. The Morgan fingerprint density at radius 3 is 1.06 bits per heavy atom. The topological polar surface area (TPSA) is 267 Å². The molecule has 0 fully saturated rings. The van der Waals surface area contributed by atoms with Crippen molar-refractivity contribution in [2.24, 2.45) is 0 Å². The molecule has 622 valence electrons. The van der Waals surface area contributed by atoms with Crippen molar-refractivity contribution in [1.29, 1.82) is 0 Å². The summed E-state index contributed by atoms with van der Waals surface area (Å²) >= 11 is 5.35. The fourth-order valence-corrected chi connectivity index (χ4v) is 12.8. The van der Waals surface area contributed by atoms with Gasteiger partial charge in [0, 0.05) is 48.2 Å². The summed E-state index contributed by atoms with van der Waals surface area (Å²) in [5, 5.41) is 49.1. The first-order chi connectivity index (χ1) is 58.1. The standard InChI is InChI=1S/C18H22O4.C16H12O3.C16H14O2.C15H10O3.C14H14O2.C7H9BO3.C7H7IO.C4H9BrO2/c1-13-5-6-15(14-7-9-16(19-2)10-8-14)11-17(13)22-12-18(20-3)21-4;1-18-13-5-2-11(3-6-13)14-7-4-12(10-17)16-15(14)8-9-19-16;1-11-3-8-14(15-9-10-18-16(11)15)12-4-6-13(17-2)7-5-12;16-9-11-3-6-13(14-7-8-18-15(11)14)10-1-4-12(17)5-2-10;1-10-3-4-12(9-14(10)15)11-5-7-13(16-2)8-6-11;1-11-7-4-2-6(3-5-7)8(9)10;1-5-2-3-6(8)4-7(5)9;1-6-4(3-5)7-2/h5-11,18H,12H2,1-4H3;2-10H,1H3;3-10H,1-2H3;1-9,17H;3-9,15H,1-2H3;2-5,9-10H,1H3;2-4,9H,1H3;4H,3H2,1-2H3. The van der Waals surface area contributed by atoms with E-state index in [0.717, 1.165) is 139 Å². The number of benzene rings is 12. The summed E-state index contributed by atoms with van der Waals surface area (Å²) in [5.41, 5.74) is 18.5. The van der Waals surface area contributed by atoms with Crippen molar-refractivity contribution in [2.45, 2.75) is 40.3 Å². The van der Waals surface area contributed by atoms with E-state index in [-0.39, 0.29) is 18.3 Å². The molecule has 12 aromatic carbocycles. The average Bonchev–Trinajstić information content (AvgIpc) is 1.61. The molecule has 5 N–H and O–H groups in total. The van der Waals surface area contributed by atoms with Crippen molar-refractivity contribution in [1.82, 2.24) is 0 Å². The van der Waals surface area contributed by atoms with Gasteiger partial charge >= 0.3 is 7.12 Å². The van der Waals surface area contributed by atoms with Crippen molar-refractivity contribution in [3.8, 4) is 107 Å². The number of hydrogen-bond acceptors (Lipinski definition) is 20. The summed E-state index contributed by atoms with van der Waals surface area (Å²) in [6.45, 7) is 8.18. The number of methoxy groups -OCH3 is 9. The van der Waals surface area contributed by atoms with Crippen LogP contribution in [-0.4, -0.2) is 134 Å². The smallest absolute Gasteiger partial charge is 0.488 e. The Hall–Kier alpha value is -12.2. The van der Waals surface area contributed by atoms with Crippen LogP contribution in [0.3, 0.4) is 0 Å². The molecular formula is C97H97BBrIO20. The van der Waals surface area contributed by atoms with Crippen molar-refractivity contribution in [3.63, 3.8) is 0 Å². The van der Waals surface area contributed by atoms with Crippen LogP contribution in [-0.2, 0) is 18.9 Å². The predicted octanol–water partition coefficient (Wildman–Crippen LogP) is 21.7. The third-order valence-corrected chi connectivity index (χ3v) is 19.9. The van der Waals surface area contributed by atoms with Crippen LogP contribution in [0.4, 0.5) is 0 Å². The number of fused-ring (bicyclic) bond motifs is 3. The first-order valence-corrected chi connectivity index (χ1v) is 39.7. The number of carbonyl (C=O) groups excluding carboxylic acids is 2. The molecule has 0 amide bonds. The van der Waals surface area contributed by atoms with Gasteiger partial charge in [0.1, 0.15) is 75.1 Å². The normalized spacial score (nSPS) is 10.4. The Morgan fingerprint density at radius 2 is 0.700 bits per heavy atom. The van der Waals surface area contributed by atoms with E-state index >= 15 is 0 Å². The largest absolute Gasteiger partial charge is 0.508 e. The molecular weight excluding hydrogens is 1700 g/mol. The lowest BCUT2D eigenvalue weighted by atomic mass is 9.80. The third kappa shape index (κ3) is 26.7. The van der Waals surface area contributed by atoms with E-state index in [1.54, 1.807) is 143 Å². The van der Waals surface area contributed by atoms with Gasteiger partial charge in [-0.15, -0.1) is 0 Å². The average molecular weight is 1800 g/mol. The van der Waals surface area contributed by atoms with Crippen LogP contribution < -0.4 is 33.9 Å². The highest BCUT2D eigenvalue weighted by Gasteiger charge is 2.16. The molecule has 0 bridgehead atoms. The van der Waals surface area contributed by atoms with Gasteiger partial charge in [-0.25, -0.2) is 0 Å². The third-order valence-electron chi connectivity index (χ3n) is 18.7. The highest BCUT2D eigenvalue weighted by molar-refractivity contribution is 14.1. The molecule has 0 saturated heterocycles. The van der Waals surface area contributed by atoms with Gasteiger partial charge < -0.3 is 86.0 Å². The van der Waals surface area contributed by atoms with Gasteiger partial charge in [-0.3, -0.25) is 9.59 Å². The monoisotopic (exact) mass is 1800 g/mol. The van der Waals surface area contributed by atoms with E-state index in [9.17, 15) is 19.8 Å². The Bertz CT molecular complexity index is 5620. The summed E-state index contributed by atoms with van der Waals surface area (Å²) in [7, 11) is 13.2. The number of phenolic OH excluding ortho intramolecular Hbond substituents is 3. The lowest BCUT2D eigenvalue weighted by molar-refractivity contribution is -0.122. The number of hydrogen-bond donors (Lipinski definition) is 5. The van der Waals surface area contributed by atoms with E-state index in [0.29, 0.717) is 51.6 Å². The number of aldehydes is 2. The van der Waals surface area contributed by atoms with Crippen LogP contribution in [0.1, 0.15) is 43.0 Å². The van der Waals surface area contributed by atoms with Crippen molar-refractivity contribution in [2.75, 3.05) is 75.9 Å². The summed E-state index contributed by atoms with van der Waals surface area (Å²) < 4.78 is 68.5. The summed E-state index contributed by atoms with van der Waals surface area (Å²) in [6.07, 6.45) is 6.04. The van der Waals surface area contributed by atoms with Crippen molar-refractivity contribution in [3.05, 3.63) is 311 Å². The fraction of sp³-hybridized carbons (Fsp3) is 0.175. The molecule has 0 spiro atoms. The van der Waals surface area contributed by atoms with Gasteiger partial charge in [0.25, 0.3) is 0 Å². The number of aromatic hydroxyl groups is 3. The molecule has 120 heavy (non-hydrogen) atoms. The van der Waals surface area contributed by atoms with Gasteiger partial charge in [-0.2, -0.15) is 0 Å². The Morgan fingerprint density at radius 1 is 0.367 bits per heavy atom. The van der Waals surface area contributed by atoms with Gasteiger partial charge in [0.15, 0.2) is 25.2 Å². The predicted molar refractivity (Wildman–Crippen MR) is 487 cm³/mol. The van der Waals surface area contributed by atoms with Crippen LogP contribution in [0.5, 0.6) is 51.7 Å². The minimum atomic E-state index is -1.40. The minimum Gasteiger partial charge on any atom is -0.508 e. The molecule has 0 aliphatic rings. The maximum Gasteiger partial charge on any atom is 0.488 e. The molecule has 3 aromatic heterocycles. The maximum absolute atomic E-state index is 11.0. The number of aryl methyl sites for hydroxylation is 4. The molecule has 20 nitrogen and oxygen atoms in total. The van der Waals surface area contributed by atoms with Crippen molar-refractivity contribution < 1.29 is 95.6 Å². The first-order valence-electron chi connectivity index (χ1n) is 37.5. The van der Waals surface area contributed by atoms with E-state index in [1.807, 2.05) is 185 Å². The zero-order valence-electron chi connectivity index (χ0n) is 68.9. The van der Waals surface area contributed by atoms with E-state index in [1.165, 1.54) is 11.1 Å². The maximum atomic E-state index is 11.0. The highest BCUT2D eigenvalue weighted by atomic mass is 127. The lowest BCUT2D eigenvalue weighted by Crippen LogP contribution is -2.29. The number of carbonyl (C=O) groups is 2. The Labute approximate surface area is 721 Å². The molecule has 0 saturated carbocycles. The number of alkyl halides is 1. The number of rotatable bonds is 21. The Balaban J connectivity index is 0.000000174. The van der Waals surface area contributed by atoms with E-state index < -0.39 is 7.12 Å². The number of halogens is 2. The number of furan rings is 3. The van der Waals surface area contributed by atoms with Gasteiger partial charge in [-0.05, 0) is 261 Å². The highest BCUT2D eigenvalue weighted by Crippen LogP contribution is 2.37. The molecule has 0 unspecified atom stereocenters. The summed E-state index contributed by atoms with van der Waals surface area (Å²) in [4.78, 5) is 21.9. The van der Waals surface area contributed by atoms with Crippen LogP contribution in [0, 0.1) is 31.3 Å². The zero-order chi connectivity index (χ0) is 86.6. The molecule has 3 heterocycles. The first kappa shape index (κ1) is 93.3. The van der Waals surface area contributed by atoms with Gasteiger partial charge in [0.2, 0.25) is 0 Å². The molecule has 0 atom stereocenters. The van der Waals surface area contributed by atoms with Crippen molar-refractivity contribution >= 4 is 96.6 Å². The second kappa shape index (κ2) is 48.0. The van der Waals surface area contributed by atoms with Crippen LogP contribution >= 0.6 is 38.5 Å². The number of phenols is 3. The van der Waals surface area contributed by atoms with E-state index in [2.05, 4.69) is 75.8 Å². The van der Waals surface area contributed by atoms with Gasteiger partial charge in [-0.1, -0.05) is 143 Å². The van der Waals surface area contributed by atoms with E-state index in [4.69, 9.17) is 75.8 Å². The molecule has 15 rings (SSSR count). The lowest BCUT2D eigenvalue weighted by Gasteiger charge is -2.16. The second-order valence-electron chi connectivity index (χ2n) is 26.3. The zero-order valence-corrected chi connectivity index (χ0v) is 72.6. The van der Waals surface area contributed by atoms with Crippen LogP contribution in [0.2, 0.25) is 0 Å². The van der Waals surface area contributed by atoms with Crippen LogP contribution in [0.25, 0.3) is 88.5 Å².